The van der Waals surface area contributed by atoms with Crippen molar-refractivity contribution in [1.29, 1.82) is 0 Å². The second-order valence-corrected chi connectivity index (χ2v) is 4.06. The molecule has 0 saturated carbocycles. The van der Waals surface area contributed by atoms with E-state index >= 15 is 0 Å². The monoisotopic (exact) mass is 277 g/mol. The maximum atomic E-state index is 11.8. The van der Waals surface area contributed by atoms with Crippen LogP contribution in [0.15, 0.2) is 33.5 Å². The lowest BCUT2D eigenvalue weighted by molar-refractivity contribution is 0.0941. The minimum atomic E-state index is -0.721. The Morgan fingerprint density at radius 1 is 1.40 bits per heavy atom. The van der Waals surface area contributed by atoms with E-state index in [0.29, 0.717) is 23.3 Å². The number of ether oxygens (including phenoxy) is 1. The number of hydrogen-bond donors (Lipinski definition) is 2. The van der Waals surface area contributed by atoms with Crippen molar-refractivity contribution in [1.82, 2.24) is 5.32 Å². The van der Waals surface area contributed by atoms with Gasteiger partial charge in [0.05, 0.1) is 13.2 Å². The summed E-state index contributed by atoms with van der Waals surface area (Å²) < 4.78 is 10.4. The number of fused-ring (bicyclic) bond motifs is 1. The summed E-state index contributed by atoms with van der Waals surface area (Å²) >= 11 is 0. The van der Waals surface area contributed by atoms with E-state index in [2.05, 4.69) is 5.32 Å². The lowest BCUT2D eigenvalue weighted by Gasteiger charge is -2.05. The van der Waals surface area contributed by atoms with E-state index in [1.807, 2.05) is 6.92 Å². The number of rotatable bonds is 5. The van der Waals surface area contributed by atoms with Crippen LogP contribution >= 0.6 is 0 Å². The van der Waals surface area contributed by atoms with E-state index < -0.39 is 11.5 Å². The molecule has 0 bridgehead atoms. The van der Waals surface area contributed by atoms with Gasteiger partial charge in [0.2, 0.25) is 0 Å². The molecule has 0 aliphatic heterocycles. The molecular weight excluding hydrogens is 262 g/mol. The number of nitrogens with one attached hydrogen (secondary N) is 1. The van der Waals surface area contributed by atoms with Crippen LogP contribution in [0.25, 0.3) is 11.0 Å². The van der Waals surface area contributed by atoms with Crippen LogP contribution < -0.4 is 15.7 Å². The molecule has 2 N–H and O–H groups in total. The predicted octanol–water partition coefficient (Wildman–Crippen LogP) is 0.914. The quantitative estimate of drug-likeness (QED) is 0.793. The average molecular weight is 277 g/mol. The van der Waals surface area contributed by atoms with Crippen LogP contribution in [-0.2, 0) is 0 Å². The third-order valence-electron chi connectivity index (χ3n) is 2.66. The van der Waals surface area contributed by atoms with Crippen molar-refractivity contribution < 1.29 is 19.1 Å². The van der Waals surface area contributed by atoms with Gasteiger partial charge in [-0.25, -0.2) is 4.79 Å². The van der Waals surface area contributed by atoms with Gasteiger partial charge in [0.15, 0.2) is 0 Å². The minimum absolute atomic E-state index is 0.0829. The summed E-state index contributed by atoms with van der Waals surface area (Å²) in [5, 5.41) is 11.7. The summed E-state index contributed by atoms with van der Waals surface area (Å²) in [5.41, 5.74) is -0.448. The molecule has 0 saturated heterocycles. The average Bonchev–Trinajstić information content (AvgIpc) is 2.44. The number of aliphatic hydroxyl groups excluding tert-OH is 1. The van der Waals surface area contributed by atoms with E-state index in [0.717, 1.165) is 0 Å². The summed E-state index contributed by atoms with van der Waals surface area (Å²) in [4.78, 5) is 23.5. The van der Waals surface area contributed by atoms with Gasteiger partial charge < -0.3 is 19.6 Å². The molecule has 0 atom stereocenters. The summed E-state index contributed by atoms with van der Waals surface area (Å²) in [6.07, 6.45) is 0. The Balaban J connectivity index is 2.40. The molecule has 0 fully saturated rings. The van der Waals surface area contributed by atoms with Gasteiger partial charge in [-0.15, -0.1) is 0 Å². The zero-order chi connectivity index (χ0) is 14.5. The van der Waals surface area contributed by atoms with Crippen LogP contribution in [0, 0.1) is 0 Å². The Morgan fingerprint density at radius 3 is 2.90 bits per heavy atom. The summed E-state index contributed by atoms with van der Waals surface area (Å²) in [5.74, 6) is 0.0317. The highest BCUT2D eigenvalue weighted by molar-refractivity contribution is 5.96. The van der Waals surface area contributed by atoms with E-state index in [9.17, 15) is 9.59 Å². The summed E-state index contributed by atoms with van der Waals surface area (Å²) in [6.45, 7) is 2.26. The molecule has 0 aliphatic carbocycles. The lowest BCUT2D eigenvalue weighted by atomic mass is 10.1. The number of hydrogen-bond acceptors (Lipinski definition) is 5. The van der Waals surface area contributed by atoms with Crippen LogP contribution in [0.2, 0.25) is 0 Å². The second kappa shape index (κ2) is 6.21. The van der Waals surface area contributed by atoms with Crippen LogP contribution in [0.3, 0.4) is 0 Å². The van der Waals surface area contributed by atoms with Gasteiger partial charge in [0.1, 0.15) is 16.9 Å². The van der Waals surface area contributed by atoms with Crippen LogP contribution in [0.4, 0.5) is 0 Å². The number of benzene rings is 1. The van der Waals surface area contributed by atoms with Gasteiger partial charge in [-0.05, 0) is 25.1 Å². The molecule has 1 aromatic carbocycles. The van der Waals surface area contributed by atoms with Gasteiger partial charge in [-0.1, -0.05) is 0 Å². The third kappa shape index (κ3) is 2.97. The van der Waals surface area contributed by atoms with Crippen LogP contribution in [0.5, 0.6) is 5.75 Å². The van der Waals surface area contributed by atoms with Gasteiger partial charge in [-0.3, -0.25) is 4.79 Å². The molecule has 1 amide bonds. The number of aliphatic hydroxyl groups is 1. The Bertz CT molecular complexity index is 677. The molecule has 6 nitrogen and oxygen atoms in total. The van der Waals surface area contributed by atoms with Gasteiger partial charge >= 0.3 is 5.63 Å². The first-order valence-corrected chi connectivity index (χ1v) is 6.25. The van der Waals surface area contributed by atoms with Crippen molar-refractivity contribution in [2.45, 2.75) is 6.92 Å². The van der Waals surface area contributed by atoms with E-state index in [1.165, 1.54) is 6.07 Å². The predicted molar refractivity (Wildman–Crippen MR) is 73.1 cm³/mol. The standard InChI is InChI=1S/C14H15NO5/c1-2-19-10-4-3-9-7-11(13(17)15-5-6-16)14(18)20-12(9)8-10/h3-4,7-8,16H,2,5-6H2,1H3,(H,15,17). The largest absolute Gasteiger partial charge is 0.494 e. The molecule has 2 rings (SSSR count). The Kier molecular flexibility index (Phi) is 4.37. The van der Waals surface area contributed by atoms with E-state index in [4.69, 9.17) is 14.3 Å². The highest BCUT2D eigenvalue weighted by atomic mass is 16.5. The van der Waals surface area contributed by atoms with Crippen molar-refractivity contribution >= 4 is 16.9 Å². The normalized spacial score (nSPS) is 10.5. The highest BCUT2D eigenvalue weighted by Gasteiger charge is 2.13. The number of carbonyl (C=O) groups is 1. The third-order valence-corrected chi connectivity index (χ3v) is 2.66. The summed E-state index contributed by atoms with van der Waals surface area (Å²) in [7, 11) is 0. The van der Waals surface area contributed by atoms with Crippen molar-refractivity contribution in [3.8, 4) is 5.75 Å². The SMILES string of the molecule is CCOc1ccc2cc(C(=O)NCCO)c(=O)oc2c1. The van der Waals surface area contributed by atoms with Crippen molar-refractivity contribution in [2.75, 3.05) is 19.8 Å². The molecule has 1 aromatic heterocycles. The molecule has 0 radical (unpaired) electrons. The Labute approximate surface area is 115 Å². The fraction of sp³-hybridized carbons (Fsp3) is 0.286. The summed E-state index contributed by atoms with van der Waals surface area (Å²) in [6, 6.07) is 6.52. The fourth-order valence-electron chi connectivity index (χ4n) is 1.77. The smallest absolute Gasteiger partial charge is 0.349 e. The van der Waals surface area contributed by atoms with Crippen molar-refractivity contribution in [2.24, 2.45) is 0 Å². The van der Waals surface area contributed by atoms with Gasteiger partial charge in [0.25, 0.3) is 5.91 Å². The molecule has 20 heavy (non-hydrogen) atoms. The number of amides is 1. The zero-order valence-electron chi connectivity index (χ0n) is 11.0. The van der Waals surface area contributed by atoms with Gasteiger partial charge in [-0.2, -0.15) is 0 Å². The molecular formula is C14H15NO5. The van der Waals surface area contributed by atoms with Crippen molar-refractivity contribution in [3.63, 3.8) is 0 Å². The second-order valence-electron chi connectivity index (χ2n) is 4.06. The fourth-order valence-corrected chi connectivity index (χ4v) is 1.77. The van der Waals surface area contributed by atoms with Gasteiger partial charge in [0, 0.05) is 18.0 Å². The molecule has 2 aromatic rings. The highest BCUT2D eigenvalue weighted by Crippen LogP contribution is 2.20. The molecule has 1 heterocycles. The molecule has 106 valence electrons. The maximum Gasteiger partial charge on any atom is 0.349 e. The topological polar surface area (TPSA) is 88.8 Å². The lowest BCUT2D eigenvalue weighted by Crippen LogP contribution is -2.30. The number of carbonyl (C=O) groups excluding carboxylic acids is 1. The first-order chi connectivity index (χ1) is 9.65. The Morgan fingerprint density at radius 2 is 2.20 bits per heavy atom. The van der Waals surface area contributed by atoms with Crippen LogP contribution in [0.1, 0.15) is 17.3 Å². The minimum Gasteiger partial charge on any atom is -0.494 e. The zero-order valence-corrected chi connectivity index (χ0v) is 11.0. The van der Waals surface area contributed by atoms with Crippen LogP contribution in [-0.4, -0.2) is 30.8 Å². The maximum absolute atomic E-state index is 11.8. The first kappa shape index (κ1) is 14.1. The molecule has 0 unspecified atom stereocenters. The van der Waals surface area contributed by atoms with E-state index in [1.54, 1.807) is 18.2 Å². The van der Waals surface area contributed by atoms with Crippen molar-refractivity contribution in [3.05, 3.63) is 40.2 Å². The Hall–Kier alpha value is -2.34. The molecule has 0 aliphatic rings. The molecule has 6 heteroatoms. The van der Waals surface area contributed by atoms with E-state index in [-0.39, 0.29) is 18.7 Å². The first-order valence-electron chi connectivity index (χ1n) is 6.25. The molecule has 0 spiro atoms.